The van der Waals surface area contributed by atoms with E-state index in [1.807, 2.05) is 14.1 Å². The van der Waals surface area contributed by atoms with Crippen LogP contribution in [-0.2, 0) is 0 Å². The predicted octanol–water partition coefficient (Wildman–Crippen LogP) is 0.248. The van der Waals surface area contributed by atoms with Gasteiger partial charge in [0.2, 0.25) is 0 Å². The predicted molar refractivity (Wildman–Crippen MR) is 66.8 cm³/mol. The van der Waals surface area contributed by atoms with Crippen molar-refractivity contribution in [1.82, 2.24) is 0 Å². The number of hydrogen-bond donors (Lipinski definition) is 2. The maximum Gasteiger partial charge on any atom is 0.195 e. The second kappa shape index (κ2) is 5.96. The van der Waals surface area contributed by atoms with Crippen LogP contribution in [0.3, 0.4) is 0 Å². The first kappa shape index (κ1) is 15.8. The lowest BCUT2D eigenvalue weighted by atomic mass is 10.2. The molecule has 4 heteroatoms. The Labute approximate surface area is 100 Å². The van der Waals surface area contributed by atoms with E-state index in [1.54, 1.807) is 6.92 Å². The summed E-state index contributed by atoms with van der Waals surface area (Å²) in [6.07, 6.45) is -0.0162. The second-order valence-corrected chi connectivity index (χ2v) is 6.06. The number of aliphatic hydroxyl groups excluding tert-OH is 2. The Morgan fingerprint density at radius 1 is 1.06 bits per heavy atom. The molecule has 0 amide bonds. The van der Waals surface area contributed by atoms with Gasteiger partial charge in [-0.2, -0.15) is 0 Å². The molecule has 0 aliphatic carbocycles. The van der Waals surface area contributed by atoms with E-state index in [0.29, 0.717) is 11.0 Å². The standard InChI is InChI=1S/C12H30N2O2/c1-7-13(3,4)9-8-12(16)14(5,6)10-11(2)15/h11-12,15-16H,7-10H2,1-6H3/q+2. The molecule has 0 radical (unpaired) electrons. The van der Waals surface area contributed by atoms with Crippen molar-refractivity contribution in [2.45, 2.75) is 32.6 Å². The zero-order chi connectivity index (χ0) is 13.0. The van der Waals surface area contributed by atoms with Crippen molar-refractivity contribution < 1.29 is 19.2 Å². The Kier molecular flexibility index (Phi) is 5.90. The highest BCUT2D eigenvalue weighted by molar-refractivity contribution is 4.48. The van der Waals surface area contributed by atoms with Crippen molar-refractivity contribution in [2.24, 2.45) is 0 Å². The molecule has 0 bridgehead atoms. The van der Waals surface area contributed by atoms with Gasteiger partial charge in [0.15, 0.2) is 6.23 Å². The number of rotatable bonds is 7. The Morgan fingerprint density at radius 2 is 1.56 bits per heavy atom. The molecule has 0 aliphatic rings. The maximum absolute atomic E-state index is 10.1. The molecule has 0 spiro atoms. The van der Waals surface area contributed by atoms with Crippen molar-refractivity contribution in [1.29, 1.82) is 0 Å². The lowest BCUT2D eigenvalue weighted by Gasteiger charge is -2.37. The Morgan fingerprint density at radius 3 is 1.94 bits per heavy atom. The quantitative estimate of drug-likeness (QED) is 0.490. The molecule has 2 N–H and O–H groups in total. The first-order valence-corrected chi connectivity index (χ1v) is 6.11. The first-order chi connectivity index (χ1) is 7.10. The smallest absolute Gasteiger partial charge is 0.195 e. The number of hydrogen-bond acceptors (Lipinski definition) is 2. The van der Waals surface area contributed by atoms with E-state index in [1.165, 1.54) is 0 Å². The van der Waals surface area contributed by atoms with E-state index in [-0.39, 0.29) is 6.10 Å². The third kappa shape index (κ3) is 5.80. The van der Waals surface area contributed by atoms with Gasteiger partial charge in [-0.25, -0.2) is 0 Å². The number of aliphatic hydroxyl groups is 2. The average molecular weight is 234 g/mol. The van der Waals surface area contributed by atoms with Crippen LogP contribution in [0, 0.1) is 0 Å². The van der Waals surface area contributed by atoms with Crippen LogP contribution < -0.4 is 0 Å². The zero-order valence-electron chi connectivity index (χ0n) is 11.8. The van der Waals surface area contributed by atoms with Crippen LogP contribution in [-0.4, -0.2) is 79.3 Å². The minimum atomic E-state index is -0.404. The molecule has 0 rings (SSSR count). The zero-order valence-corrected chi connectivity index (χ0v) is 11.8. The van der Waals surface area contributed by atoms with Gasteiger partial charge in [-0.3, -0.25) is 0 Å². The van der Waals surface area contributed by atoms with Crippen molar-refractivity contribution in [3.63, 3.8) is 0 Å². The lowest BCUT2D eigenvalue weighted by Crippen LogP contribution is -2.54. The molecule has 2 unspecified atom stereocenters. The van der Waals surface area contributed by atoms with Gasteiger partial charge in [-0.15, -0.1) is 0 Å². The fourth-order valence-corrected chi connectivity index (χ4v) is 1.78. The van der Waals surface area contributed by atoms with Crippen molar-refractivity contribution in [3.8, 4) is 0 Å². The molecule has 0 heterocycles. The van der Waals surface area contributed by atoms with Crippen LogP contribution >= 0.6 is 0 Å². The molecular weight excluding hydrogens is 204 g/mol. The average Bonchev–Trinajstić information content (AvgIpc) is 2.12. The van der Waals surface area contributed by atoms with Gasteiger partial charge < -0.3 is 19.2 Å². The van der Waals surface area contributed by atoms with Gasteiger partial charge >= 0.3 is 0 Å². The molecule has 2 atom stereocenters. The van der Waals surface area contributed by atoms with E-state index in [9.17, 15) is 10.2 Å². The SMILES string of the molecule is CC[N+](C)(C)CCC(O)[N+](C)(C)CC(C)O. The molecule has 0 aromatic carbocycles. The minimum absolute atomic E-state index is 0.377. The molecule has 0 saturated heterocycles. The highest BCUT2D eigenvalue weighted by Gasteiger charge is 2.29. The maximum atomic E-state index is 10.1. The number of nitrogens with zero attached hydrogens (tertiary/aromatic N) is 2. The Bertz CT molecular complexity index is 203. The molecule has 0 fully saturated rings. The second-order valence-electron chi connectivity index (χ2n) is 6.06. The van der Waals surface area contributed by atoms with Crippen LogP contribution in [0.15, 0.2) is 0 Å². The van der Waals surface area contributed by atoms with Crippen LogP contribution in [0.1, 0.15) is 20.3 Å². The van der Waals surface area contributed by atoms with E-state index < -0.39 is 6.23 Å². The number of likely N-dealkylation sites (N-methyl/N-ethyl adjacent to an activating group) is 1. The van der Waals surface area contributed by atoms with Gasteiger partial charge in [-0.05, 0) is 13.8 Å². The fourth-order valence-electron chi connectivity index (χ4n) is 1.78. The molecule has 0 saturated carbocycles. The molecule has 0 aromatic rings. The molecule has 0 aliphatic heterocycles. The summed E-state index contributed by atoms with van der Waals surface area (Å²) in [5, 5.41) is 19.5. The summed E-state index contributed by atoms with van der Waals surface area (Å²) in [5.41, 5.74) is 0. The monoisotopic (exact) mass is 234 g/mol. The Balaban J connectivity index is 4.19. The van der Waals surface area contributed by atoms with Crippen LogP contribution in [0.25, 0.3) is 0 Å². The Hall–Kier alpha value is -0.160. The van der Waals surface area contributed by atoms with E-state index in [0.717, 1.165) is 24.0 Å². The summed E-state index contributed by atoms with van der Waals surface area (Å²) in [7, 11) is 8.26. The number of quaternary nitrogens is 2. The van der Waals surface area contributed by atoms with Crippen LogP contribution in [0.2, 0.25) is 0 Å². The van der Waals surface area contributed by atoms with Crippen LogP contribution in [0.4, 0.5) is 0 Å². The molecule has 0 aromatic heterocycles. The first-order valence-electron chi connectivity index (χ1n) is 6.11. The molecule has 16 heavy (non-hydrogen) atoms. The van der Waals surface area contributed by atoms with Gasteiger partial charge in [0.25, 0.3) is 0 Å². The van der Waals surface area contributed by atoms with Crippen molar-refractivity contribution in [3.05, 3.63) is 0 Å². The molecular formula is C12H30N2O2+2. The van der Waals surface area contributed by atoms with Gasteiger partial charge in [0.1, 0.15) is 12.6 Å². The summed E-state index contributed by atoms with van der Waals surface area (Å²) in [6, 6.07) is 0. The fraction of sp³-hybridized carbons (Fsp3) is 1.00. The summed E-state index contributed by atoms with van der Waals surface area (Å²) in [5.74, 6) is 0. The van der Waals surface area contributed by atoms with E-state index >= 15 is 0 Å². The van der Waals surface area contributed by atoms with Crippen LogP contribution in [0.5, 0.6) is 0 Å². The summed E-state index contributed by atoms with van der Waals surface area (Å²) in [4.78, 5) is 0. The minimum Gasteiger partial charge on any atom is -0.388 e. The normalized spacial score (nSPS) is 17.2. The summed E-state index contributed by atoms with van der Waals surface area (Å²) in [6.45, 7) is 6.53. The van der Waals surface area contributed by atoms with Gasteiger partial charge in [0, 0.05) is 0 Å². The topological polar surface area (TPSA) is 40.5 Å². The highest BCUT2D eigenvalue weighted by atomic mass is 16.3. The van der Waals surface area contributed by atoms with Crippen molar-refractivity contribution >= 4 is 0 Å². The third-order valence-corrected chi connectivity index (χ3v) is 3.39. The van der Waals surface area contributed by atoms with Gasteiger partial charge in [0.05, 0.1) is 47.7 Å². The van der Waals surface area contributed by atoms with E-state index in [2.05, 4.69) is 21.0 Å². The highest BCUT2D eigenvalue weighted by Crippen LogP contribution is 2.11. The summed E-state index contributed by atoms with van der Waals surface area (Å²) < 4.78 is 1.38. The summed E-state index contributed by atoms with van der Waals surface area (Å²) >= 11 is 0. The lowest BCUT2D eigenvalue weighted by molar-refractivity contribution is -0.947. The largest absolute Gasteiger partial charge is 0.388 e. The van der Waals surface area contributed by atoms with Gasteiger partial charge in [-0.1, -0.05) is 0 Å². The van der Waals surface area contributed by atoms with E-state index in [4.69, 9.17) is 0 Å². The third-order valence-electron chi connectivity index (χ3n) is 3.39. The molecule has 4 nitrogen and oxygen atoms in total. The molecule has 98 valence electrons. The van der Waals surface area contributed by atoms with Crippen molar-refractivity contribution in [2.75, 3.05) is 47.8 Å².